The Morgan fingerprint density at radius 2 is 1.64 bits per heavy atom. The van der Waals surface area contributed by atoms with E-state index in [2.05, 4.69) is 0 Å². The lowest BCUT2D eigenvalue weighted by Crippen LogP contribution is -2.42. The van der Waals surface area contributed by atoms with E-state index in [1.807, 2.05) is 0 Å². The van der Waals surface area contributed by atoms with Gasteiger partial charge in [-0.05, 0) is 20.1 Å². The van der Waals surface area contributed by atoms with Crippen molar-refractivity contribution in [2.24, 2.45) is 0 Å². The second-order valence-corrected chi connectivity index (χ2v) is 3.12. The Bertz CT molecular complexity index is 157. The summed E-state index contributed by atoms with van der Waals surface area (Å²) in [6, 6.07) is 0. The van der Waals surface area contributed by atoms with Crippen LogP contribution >= 0.6 is 11.8 Å². The van der Waals surface area contributed by atoms with Gasteiger partial charge in [0, 0.05) is 7.11 Å². The van der Waals surface area contributed by atoms with Crippen molar-refractivity contribution in [2.45, 2.75) is 18.8 Å². The summed E-state index contributed by atoms with van der Waals surface area (Å²) < 4.78 is 4.87. The molecule has 0 aromatic heterocycles. The van der Waals surface area contributed by atoms with Crippen LogP contribution in [0.4, 0.5) is 0 Å². The van der Waals surface area contributed by atoms with E-state index < -0.39 is 4.93 Å². The van der Waals surface area contributed by atoms with Crippen LogP contribution in [-0.4, -0.2) is 29.9 Å². The molecule has 0 radical (unpaired) electrons. The van der Waals surface area contributed by atoms with Crippen LogP contribution in [-0.2, 0) is 14.3 Å². The largest absolute Gasteiger partial charge is 0.354 e. The predicted molar refractivity (Wildman–Crippen MR) is 44.6 cm³/mol. The zero-order chi connectivity index (χ0) is 9.07. The van der Waals surface area contributed by atoms with E-state index >= 15 is 0 Å². The molecule has 4 heteroatoms. The molecule has 3 nitrogen and oxygen atoms in total. The van der Waals surface area contributed by atoms with E-state index in [0.29, 0.717) is 0 Å². The smallest absolute Gasteiger partial charge is 0.230 e. The molecular formula is C7H12O3S. The number of ether oxygens (including phenoxy) is 1. The minimum atomic E-state index is -1.28. The fourth-order valence-electron chi connectivity index (χ4n) is 0.906. The van der Waals surface area contributed by atoms with Gasteiger partial charge in [0.2, 0.25) is 4.93 Å². The second-order valence-electron chi connectivity index (χ2n) is 2.14. The molecule has 0 aliphatic heterocycles. The van der Waals surface area contributed by atoms with Gasteiger partial charge in [0.05, 0.1) is 0 Å². The molecule has 0 aliphatic rings. The number of hydrogen-bond acceptors (Lipinski definition) is 4. The fourth-order valence-corrected chi connectivity index (χ4v) is 1.65. The van der Waals surface area contributed by atoms with Crippen molar-refractivity contribution in [3.63, 3.8) is 0 Å². The summed E-state index contributed by atoms with van der Waals surface area (Å²) in [5.74, 6) is -0.528. The quantitative estimate of drug-likeness (QED) is 0.471. The van der Waals surface area contributed by atoms with Crippen molar-refractivity contribution in [3.8, 4) is 0 Å². The SMILES string of the molecule is COC(SC)(C(C)=O)C(C)=O. The molecule has 0 rings (SSSR count). The number of carbonyl (C=O) groups is 2. The Kier molecular flexibility index (Phi) is 3.75. The van der Waals surface area contributed by atoms with E-state index in [4.69, 9.17) is 4.74 Å². The minimum absolute atomic E-state index is 0.264. The lowest BCUT2D eigenvalue weighted by molar-refractivity contribution is -0.141. The summed E-state index contributed by atoms with van der Waals surface area (Å²) in [4.78, 5) is 20.7. The van der Waals surface area contributed by atoms with E-state index in [0.717, 1.165) is 11.8 Å². The first-order valence-electron chi connectivity index (χ1n) is 3.13. The van der Waals surface area contributed by atoms with Crippen LogP contribution in [0, 0.1) is 0 Å². The highest BCUT2D eigenvalue weighted by Crippen LogP contribution is 2.25. The molecule has 0 amide bonds. The molecule has 64 valence electrons. The molecule has 0 atom stereocenters. The first-order chi connectivity index (χ1) is 5.01. The van der Waals surface area contributed by atoms with Crippen molar-refractivity contribution in [1.29, 1.82) is 0 Å². The maximum atomic E-state index is 11.0. The highest BCUT2D eigenvalue weighted by Gasteiger charge is 2.39. The van der Waals surface area contributed by atoms with Gasteiger partial charge in [0.25, 0.3) is 0 Å². The molecule has 0 aliphatic carbocycles. The molecule has 11 heavy (non-hydrogen) atoms. The topological polar surface area (TPSA) is 43.4 Å². The van der Waals surface area contributed by atoms with Crippen LogP contribution in [0.25, 0.3) is 0 Å². The average molecular weight is 176 g/mol. The lowest BCUT2D eigenvalue weighted by atomic mass is 10.2. The Balaban J connectivity index is 4.76. The molecule has 0 aromatic rings. The van der Waals surface area contributed by atoms with Crippen LogP contribution in [0.3, 0.4) is 0 Å². The van der Waals surface area contributed by atoms with Crippen LogP contribution in [0.2, 0.25) is 0 Å². The summed E-state index contributed by atoms with van der Waals surface area (Å²) in [6.07, 6.45) is 1.67. The molecule has 0 spiro atoms. The Hall–Kier alpha value is -0.350. The molecule has 0 N–H and O–H groups in total. The number of rotatable bonds is 4. The molecular weight excluding hydrogens is 164 g/mol. The van der Waals surface area contributed by atoms with Crippen LogP contribution in [0.1, 0.15) is 13.8 Å². The van der Waals surface area contributed by atoms with E-state index in [-0.39, 0.29) is 11.6 Å². The Labute approximate surface area is 70.5 Å². The summed E-state index contributed by atoms with van der Waals surface area (Å²) >= 11 is 1.11. The third-order valence-corrected chi connectivity index (χ3v) is 2.82. The van der Waals surface area contributed by atoms with Crippen LogP contribution in [0.5, 0.6) is 0 Å². The van der Waals surface area contributed by atoms with Gasteiger partial charge < -0.3 is 4.74 Å². The highest BCUT2D eigenvalue weighted by molar-refractivity contribution is 8.01. The summed E-state index contributed by atoms with van der Waals surface area (Å²) in [6.45, 7) is 2.70. The predicted octanol–water partition coefficient (Wildman–Crippen LogP) is 0.870. The minimum Gasteiger partial charge on any atom is -0.354 e. The van der Waals surface area contributed by atoms with Gasteiger partial charge in [-0.1, -0.05) is 0 Å². The van der Waals surface area contributed by atoms with Crippen molar-refractivity contribution in [1.82, 2.24) is 0 Å². The van der Waals surface area contributed by atoms with Gasteiger partial charge in [-0.15, -0.1) is 11.8 Å². The fraction of sp³-hybridized carbons (Fsp3) is 0.714. The van der Waals surface area contributed by atoms with Gasteiger partial charge in [0.15, 0.2) is 11.6 Å². The lowest BCUT2D eigenvalue weighted by Gasteiger charge is -2.23. The maximum Gasteiger partial charge on any atom is 0.230 e. The first kappa shape index (κ1) is 10.7. The Morgan fingerprint density at radius 3 is 1.64 bits per heavy atom. The van der Waals surface area contributed by atoms with Gasteiger partial charge in [-0.2, -0.15) is 0 Å². The van der Waals surface area contributed by atoms with E-state index in [1.54, 1.807) is 6.26 Å². The number of methoxy groups -OCH3 is 1. The number of ketones is 2. The zero-order valence-corrected chi connectivity index (χ0v) is 7.95. The van der Waals surface area contributed by atoms with Crippen molar-refractivity contribution in [3.05, 3.63) is 0 Å². The van der Waals surface area contributed by atoms with Gasteiger partial charge >= 0.3 is 0 Å². The summed E-state index contributed by atoms with van der Waals surface area (Å²) in [7, 11) is 1.36. The molecule has 0 saturated heterocycles. The van der Waals surface area contributed by atoms with E-state index in [9.17, 15) is 9.59 Å². The maximum absolute atomic E-state index is 11.0. The molecule has 0 fully saturated rings. The van der Waals surface area contributed by atoms with Crippen molar-refractivity contribution >= 4 is 23.3 Å². The molecule has 0 unspecified atom stereocenters. The zero-order valence-electron chi connectivity index (χ0n) is 7.13. The summed E-state index contributed by atoms with van der Waals surface area (Å²) in [5, 5.41) is 0. The first-order valence-corrected chi connectivity index (χ1v) is 4.36. The molecule has 0 heterocycles. The number of thioether (sulfide) groups is 1. The number of hydrogen-bond donors (Lipinski definition) is 0. The molecule has 0 aromatic carbocycles. The van der Waals surface area contributed by atoms with Crippen LogP contribution in [0.15, 0.2) is 0 Å². The monoisotopic (exact) mass is 176 g/mol. The number of Topliss-reactive ketones (excluding diaryl/α,β-unsaturated/α-hetero) is 2. The second kappa shape index (κ2) is 3.88. The van der Waals surface area contributed by atoms with Gasteiger partial charge in [-0.3, -0.25) is 9.59 Å². The standard InChI is InChI=1S/C7H12O3S/c1-5(8)7(10-3,11-4)6(2)9/h1-4H3. The van der Waals surface area contributed by atoms with Crippen molar-refractivity contribution in [2.75, 3.05) is 13.4 Å². The third-order valence-electron chi connectivity index (χ3n) is 1.50. The van der Waals surface area contributed by atoms with Gasteiger partial charge in [-0.25, -0.2) is 0 Å². The molecule has 0 bridgehead atoms. The summed E-state index contributed by atoms with van der Waals surface area (Å²) in [5.41, 5.74) is 0. The third kappa shape index (κ3) is 1.81. The van der Waals surface area contributed by atoms with Gasteiger partial charge in [0.1, 0.15) is 0 Å². The molecule has 0 saturated carbocycles. The number of carbonyl (C=O) groups excluding carboxylic acids is 2. The Morgan fingerprint density at radius 1 is 1.27 bits per heavy atom. The highest BCUT2D eigenvalue weighted by atomic mass is 32.2. The van der Waals surface area contributed by atoms with Crippen molar-refractivity contribution < 1.29 is 14.3 Å². The van der Waals surface area contributed by atoms with Crippen LogP contribution < -0.4 is 0 Å². The normalized spacial score (nSPS) is 11.3. The average Bonchev–Trinajstić information content (AvgIpc) is 1.90. The van der Waals surface area contributed by atoms with E-state index in [1.165, 1.54) is 21.0 Å².